The van der Waals surface area contributed by atoms with Gasteiger partial charge in [0.2, 0.25) is 0 Å². The molecule has 0 spiro atoms. The van der Waals surface area contributed by atoms with Crippen molar-refractivity contribution in [3.63, 3.8) is 0 Å². The maximum absolute atomic E-state index is 12.5. The minimum atomic E-state index is -0.276. The van der Waals surface area contributed by atoms with E-state index < -0.39 is 0 Å². The summed E-state index contributed by atoms with van der Waals surface area (Å²) in [6.07, 6.45) is 3.67. The first-order valence-corrected chi connectivity index (χ1v) is 8.74. The SMILES string of the molecule is O=c1c(Cl)c(N[C@H]2CCc3ccccc32)cnn1Cc1ccccc1. The Hall–Kier alpha value is -2.59. The number of aryl methyl sites for hydroxylation is 1. The van der Waals surface area contributed by atoms with Crippen molar-refractivity contribution in [2.24, 2.45) is 0 Å². The number of anilines is 1. The molecular weight excluding hydrogens is 334 g/mol. The number of rotatable bonds is 4. The standard InChI is InChI=1S/C20H18ClN3O/c21-19-18(23-17-11-10-15-8-4-5-9-16(15)17)12-22-24(20(19)25)13-14-6-2-1-3-7-14/h1-9,12,17,23H,10-11,13H2/t17-/m0/s1. The van der Waals surface area contributed by atoms with E-state index in [1.54, 1.807) is 6.20 Å². The Balaban J connectivity index is 1.58. The van der Waals surface area contributed by atoms with Crippen molar-refractivity contribution in [1.29, 1.82) is 0 Å². The van der Waals surface area contributed by atoms with E-state index >= 15 is 0 Å². The number of hydrogen-bond donors (Lipinski definition) is 1. The molecule has 4 rings (SSSR count). The van der Waals surface area contributed by atoms with Gasteiger partial charge in [-0.3, -0.25) is 4.79 Å². The fourth-order valence-corrected chi connectivity index (χ4v) is 3.53. The van der Waals surface area contributed by atoms with Crippen molar-refractivity contribution >= 4 is 17.3 Å². The summed E-state index contributed by atoms with van der Waals surface area (Å²) < 4.78 is 1.39. The summed E-state index contributed by atoms with van der Waals surface area (Å²) in [5, 5.41) is 7.87. The number of hydrogen-bond acceptors (Lipinski definition) is 3. The minimum absolute atomic E-state index is 0.167. The number of fused-ring (bicyclic) bond motifs is 1. The molecule has 4 nitrogen and oxygen atoms in total. The molecule has 1 N–H and O–H groups in total. The second-order valence-corrected chi connectivity index (χ2v) is 6.63. The third-order valence-corrected chi connectivity index (χ3v) is 4.99. The number of nitrogens with zero attached hydrogens (tertiary/aromatic N) is 2. The van der Waals surface area contributed by atoms with Gasteiger partial charge in [-0.25, -0.2) is 4.68 Å². The average Bonchev–Trinajstić information content (AvgIpc) is 3.05. The van der Waals surface area contributed by atoms with Crippen LogP contribution in [0.1, 0.15) is 29.2 Å². The molecule has 0 radical (unpaired) electrons. The van der Waals surface area contributed by atoms with Crippen LogP contribution >= 0.6 is 11.6 Å². The van der Waals surface area contributed by atoms with Gasteiger partial charge in [0.1, 0.15) is 5.02 Å². The topological polar surface area (TPSA) is 46.9 Å². The summed E-state index contributed by atoms with van der Waals surface area (Å²) in [6.45, 7) is 0.409. The van der Waals surface area contributed by atoms with Crippen LogP contribution in [-0.2, 0) is 13.0 Å². The van der Waals surface area contributed by atoms with Crippen molar-refractivity contribution in [3.05, 3.63) is 92.9 Å². The second kappa shape index (κ2) is 6.73. The lowest BCUT2D eigenvalue weighted by Gasteiger charge is -2.17. The molecule has 1 heterocycles. The molecule has 1 aliphatic carbocycles. The third-order valence-electron chi connectivity index (χ3n) is 4.62. The fraction of sp³-hybridized carbons (Fsp3) is 0.200. The Morgan fingerprint density at radius 2 is 1.88 bits per heavy atom. The Morgan fingerprint density at radius 3 is 2.72 bits per heavy atom. The zero-order valence-corrected chi connectivity index (χ0v) is 14.4. The Labute approximate surface area is 151 Å². The molecule has 0 amide bonds. The molecular formula is C20H18ClN3O. The van der Waals surface area contributed by atoms with Crippen LogP contribution in [0, 0.1) is 0 Å². The van der Waals surface area contributed by atoms with Gasteiger partial charge in [0, 0.05) is 0 Å². The van der Waals surface area contributed by atoms with Gasteiger partial charge in [0.15, 0.2) is 0 Å². The van der Waals surface area contributed by atoms with Gasteiger partial charge in [0.25, 0.3) is 5.56 Å². The zero-order valence-electron chi connectivity index (χ0n) is 13.7. The van der Waals surface area contributed by atoms with Crippen LogP contribution in [0.4, 0.5) is 5.69 Å². The predicted octanol–water partition coefficient (Wildman–Crippen LogP) is 4.04. The van der Waals surface area contributed by atoms with Gasteiger partial charge in [0.05, 0.1) is 24.5 Å². The van der Waals surface area contributed by atoms with Crippen molar-refractivity contribution in [1.82, 2.24) is 9.78 Å². The van der Waals surface area contributed by atoms with Crippen molar-refractivity contribution in [3.8, 4) is 0 Å². The molecule has 0 fully saturated rings. The van der Waals surface area contributed by atoms with Gasteiger partial charge in [-0.05, 0) is 29.5 Å². The molecule has 1 aliphatic rings. The first kappa shape index (κ1) is 15.9. The first-order chi connectivity index (χ1) is 12.2. The summed E-state index contributed by atoms with van der Waals surface area (Å²) in [6, 6.07) is 18.3. The Kier molecular flexibility index (Phi) is 4.28. The number of benzene rings is 2. The number of aromatic nitrogens is 2. The van der Waals surface area contributed by atoms with Crippen molar-refractivity contribution < 1.29 is 0 Å². The van der Waals surface area contributed by atoms with E-state index in [1.807, 2.05) is 36.4 Å². The maximum Gasteiger partial charge on any atom is 0.287 e. The van der Waals surface area contributed by atoms with Gasteiger partial charge in [-0.2, -0.15) is 5.10 Å². The van der Waals surface area contributed by atoms with E-state index in [4.69, 9.17) is 11.6 Å². The van der Waals surface area contributed by atoms with Crippen molar-refractivity contribution in [2.75, 3.05) is 5.32 Å². The van der Waals surface area contributed by atoms with Gasteiger partial charge in [-0.1, -0.05) is 66.2 Å². The average molecular weight is 352 g/mol. The molecule has 0 saturated carbocycles. The lowest BCUT2D eigenvalue weighted by atomic mass is 10.1. The molecule has 126 valence electrons. The Bertz CT molecular complexity index is 953. The highest BCUT2D eigenvalue weighted by atomic mass is 35.5. The summed E-state index contributed by atoms with van der Waals surface area (Å²) in [7, 11) is 0. The van der Waals surface area contributed by atoms with E-state index in [0.29, 0.717) is 12.2 Å². The van der Waals surface area contributed by atoms with Crippen LogP contribution in [0.3, 0.4) is 0 Å². The van der Waals surface area contributed by atoms with Gasteiger partial charge >= 0.3 is 0 Å². The molecule has 0 bridgehead atoms. The summed E-state index contributed by atoms with van der Waals surface area (Å²) in [4.78, 5) is 12.5. The monoisotopic (exact) mass is 351 g/mol. The summed E-state index contributed by atoms with van der Waals surface area (Å²) in [5.74, 6) is 0. The van der Waals surface area contributed by atoms with E-state index in [0.717, 1.165) is 18.4 Å². The zero-order chi connectivity index (χ0) is 17.2. The van der Waals surface area contributed by atoms with Crippen LogP contribution in [-0.4, -0.2) is 9.78 Å². The summed E-state index contributed by atoms with van der Waals surface area (Å²) >= 11 is 6.33. The lowest BCUT2D eigenvalue weighted by Crippen LogP contribution is -2.25. The minimum Gasteiger partial charge on any atom is -0.376 e. The number of nitrogens with one attached hydrogen (secondary N) is 1. The van der Waals surface area contributed by atoms with E-state index in [9.17, 15) is 4.79 Å². The van der Waals surface area contributed by atoms with E-state index in [-0.39, 0.29) is 16.6 Å². The highest BCUT2D eigenvalue weighted by molar-refractivity contribution is 6.32. The van der Waals surface area contributed by atoms with Crippen LogP contribution < -0.4 is 10.9 Å². The highest BCUT2D eigenvalue weighted by Crippen LogP contribution is 2.34. The normalized spacial score (nSPS) is 15.8. The third kappa shape index (κ3) is 3.17. The quantitative estimate of drug-likeness (QED) is 0.771. The van der Waals surface area contributed by atoms with Crippen LogP contribution in [0.25, 0.3) is 0 Å². The highest BCUT2D eigenvalue weighted by Gasteiger charge is 2.23. The molecule has 3 aromatic rings. The van der Waals surface area contributed by atoms with Gasteiger partial charge in [-0.15, -0.1) is 0 Å². The lowest BCUT2D eigenvalue weighted by molar-refractivity contribution is 0.638. The number of halogens is 1. The second-order valence-electron chi connectivity index (χ2n) is 6.26. The van der Waals surface area contributed by atoms with Gasteiger partial charge < -0.3 is 5.32 Å². The van der Waals surface area contributed by atoms with E-state index in [1.165, 1.54) is 15.8 Å². The maximum atomic E-state index is 12.5. The molecule has 0 saturated heterocycles. The molecule has 2 aromatic carbocycles. The van der Waals surface area contributed by atoms with Crippen molar-refractivity contribution in [2.45, 2.75) is 25.4 Å². The molecule has 0 aliphatic heterocycles. The smallest absolute Gasteiger partial charge is 0.287 e. The molecule has 25 heavy (non-hydrogen) atoms. The van der Waals surface area contributed by atoms with Crippen LogP contribution in [0.15, 0.2) is 65.6 Å². The largest absolute Gasteiger partial charge is 0.376 e. The van der Waals surface area contributed by atoms with E-state index in [2.05, 4.69) is 28.6 Å². The van der Waals surface area contributed by atoms with Crippen LogP contribution in [0.5, 0.6) is 0 Å². The van der Waals surface area contributed by atoms with Crippen LogP contribution in [0.2, 0.25) is 5.02 Å². The molecule has 5 heteroatoms. The first-order valence-electron chi connectivity index (χ1n) is 8.36. The molecule has 1 aromatic heterocycles. The molecule has 0 unspecified atom stereocenters. The predicted molar refractivity (Wildman–Crippen MR) is 100 cm³/mol. The summed E-state index contributed by atoms with van der Waals surface area (Å²) in [5.41, 5.74) is 3.95. The fourth-order valence-electron chi connectivity index (χ4n) is 3.33. The Morgan fingerprint density at radius 1 is 1.12 bits per heavy atom. The molecule has 1 atom stereocenters.